The van der Waals surface area contributed by atoms with E-state index in [4.69, 9.17) is 14.5 Å². The summed E-state index contributed by atoms with van der Waals surface area (Å²) in [5.74, 6) is 1.57. The van der Waals surface area contributed by atoms with Gasteiger partial charge in [0.25, 0.3) is 11.6 Å². The van der Waals surface area contributed by atoms with Gasteiger partial charge < -0.3 is 14.3 Å². The highest BCUT2D eigenvalue weighted by Gasteiger charge is 2.26. The SMILES string of the molecule is CC(C)(C)c1ccc(C(=O)N2CCCN(c3nc(Cc4ccccc4)nc4onc(-c5ccccc5)c34)CC2)cc1. The molecule has 1 saturated heterocycles. The Bertz CT molecular complexity index is 1640. The molecule has 0 aliphatic carbocycles. The van der Waals surface area contributed by atoms with Crippen molar-refractivity contribution in [3.05, 3.63) is 107 Å². The van der Waals surface area contributed by atoms with E-state index in [1.807, 2.05) is 65.6 Å². The lowest BCUT2D eigenvalue weighted by atomic mass is 9.86. The molecule has 3 heterocycles. The van der Waals surface area contributed by atoms with Crippen LogP contribution in [-0.2, 0) is 11.8 Å². The number of hydrogen-bond acceptors (Lipinski definition) is 6. The second kappa shape index (κ2) is 11.2. The highest BCUT2D eigenvalue weighted by atomic mass is 16.5. The molecule has 6 rings (SSSR count). The van der Waals surface area contributed by atoms with E-state index in [9.17, 15) is 4.79 Å². The Hall–Kier alpha value is -4.52. The average Bonchev–Trinajstić information content (AvgIpc) is 3.26. The van der Waals surface area contributed by atoms with E-state index >= 15 is 0 Å². The zero-order valence-corrected chi connectivity index (χ0v) is 23.9. The first kappa shape index (κ1) is 26.7. The molecular weight excluding hydrogens is 510 g/mol. The Balaban J connectivity index is 1.31. The first-order chi connectivity index (χ1) is 19.9. The third kappa shape index (κ3) is 5.71. The average molecular weight is 546 g/mol. The summed E-state index contributed by atoms with van der Waals surface area (Å²) in [5, 5.41) is 5.24. The van der Waals surface area contributed by atoms with Crippen LogP contribution in [0.25, 0.3) is 22.4 Å². The van der Waals surface area contributed by atoms with E-state index in [1.54, 1.807) is 0 Å². The molecule has 0 unspecified atom stereocenters. The lowest BCUT2D eigenvalue weighted by Crippen LogP contribution is -2.35. The molecule has 2 aromatic heterocycles. The first-order valence-electron chi connectivity index (χ1n) is 14.3. The summed E-state index contributed by atoms with van der Waals surface area (Å²) in [4.78, 5) is 27.6. The second-order valence-corrected chi connectivity index (χ2v) is 11.7. The van der Waals surface area contributed by atoms with Crippen molar-refractivity contribution in [1.82, 2.24) is 20.0 Å². The second-order valence-electron chi connectivity index (χ2n) is 11.7. The number of hydrogen-bond donors (Lipinski definition) is 0. The maximum absolute atomic E-state index is 13.5. The van der Waals surface area contributed by atoms with Crippen LogP contribution in [0.3, 0.4) is 0 Å². The van der Waals surface area contributed by atoms with Gasteiger partial charge in [-0.2, -0.15) is 4.98 Å². The minimum Gasteiger partial charge on any atom is -0.354 e. The Morgan fingerprint density at radius 1 is 0.829 bits per heavy atom. The van der Waals surface area contributed by atoms with Crippen molar-refractivity contribution in [3.63, 3.8) is 0 Å². The number of benzene rings is 3. The number of carbonyl (C=O) groups is 1. The van der Waals surface area contributed by atoms with Gasteiger partial charge in [-0.3, -0.25) is 4.79 Å². The molecule has 0 radical (unpaired) electrons. The van der Waals surface area contributed by atoms with E-state index in [0.29, 0.717) is 37.6 Å². The van der Waals surface area contributed by atoms with Gasteiger partial charge in [-0.15, -0.1) is 0 Å². The predicted molar refractivity (Wildman–Crippen MR) is 162 cm³/mol. The van der Waals surface area contributed by atoms with E-state index in [1.165, 1.54) is 5.56 Å². The number of rotatable bonds is 5. The van der Waals surface area contributed by atoms with Gasteiger partial charge in [-0.05, 0) is 35.1 Å². The fourth-order valence-electron chi connectivity index (χ4n) is 5.39. The van der Waals surface area contributed by atoms with Crippen molar-refractivity contribution in [1.29, 1.82) is 0 Å². The largest absolute Gasteiger partial charge is 0.354 e. The summed E-state index contributed by atoms with van der Waals surface area (Å²) in [6.45, 7) is 9.26. The van der Waals surface area contributed by atoms with Gasteiger partial charge in [0, 0.05) is 43.7 Å². The molecule has 0 spiro atoms. The maximum Gasteiger partial charge on any atom is 0.263 e. The summed E-state index contributed by atoms with van der Waals surface area (Å²) in [7, 11) is 0. The van der Waals surface area contributed by atoms with Gasteiger partial charge in [0.2, 0.25) is 0 Å². The van der Waals surface area contributed by atoms with Crippen LogP contribution in [-0.4, -0.2) is 52.1 Å². The third-order valence-corrected chi connectivity index (χ3v) is 7.70. The van der Waals surface area contributed by atoms with Gasteiger partial charge in [0.15, 0.2) is 0 Å². The van der Waals surface area contributed by atoms with Gasteiger partial charge in [0.1, 0.15) is 22.7 Å². The number of nitrogens with zero attached hydrogens (tertiary/aromatic N) is 5. The summed E-state index contributed by atoms with van der Waals surface area (Å²) in [6, 6.07) is 28.3. The first-order valence-corrected chi connectivity index (χ1v) is 14.3. The Kier molecular flexibility index (Phi) is 7.26. The number of fused-ring (bicyclic) bond motifs is 1. The molecule has 0 N–H and O–H groups in total. The van der Waals surface area contributed by atoms with Crippen LogP contribution in [0.2, 0.25) is 0 Å². The highest BCUT2D eigenvalue weighted by Crippen LogP contribution is 2.34. The third-order valence-electron chi connectivity index (χ3n) is 7.70. The fraction of sp³-hybridized carbons (Fsp3) is 0.294. The zero-order chi connectivity index (χ0) is 28.4. The molecule has 1 aliphatic heterocycles. The van der Waals surface area contributed by atoms with Crippen molar-refractivity contribution < 1.29 is 9.32 Å². The maximum atomic E-state index is 13.5. The standard InChI is InChI=1S/C34H35N5O2/c1-34(2,3)27-17-15-26(16-18-27)33(40)39-20-10-19-38(21-22-39)31-29-30(25-13-8-5-9-14-25)37-41-32(29)36-28(35-31)23-24-11-6-4-7-12-24/h4-9,11-18H,10,19-23H2,1-3H3. The molecule has 7 heteroatoms. The molecule has 0 saturated carbocycles. The molecule has 5 aromatic rings. The normalized spacial score (nSPS) is 14.3. The minimum atomic E-state index is 0.0491. The van der Waals surface area contributed by atoms with Gasteiger partial charge in [-0.1, -0.05) is 98.7 Å². The van der Waals surface area contributed by atoms with Crippen LogP contribution in [0.1, 0.15) is 54.5 Å². The van der Waals surface area contributed by atoms with Crippen molar-refractivity contribution in [3.8, 4) is 11.3 Å². The predicted octanol–water partition coefficient (Wildman–Crippen LogP) is 6.53. The van der Waals surface area contributed by atoms with Crippen LogP contribution >= 0.6 is 0 Å². The summed E-state index contributed by atoms with van der Waals surface area (Å²) >= 11 is 0. The van der Waals surface area contributed by atoms with Crippen LogP contribution in [0, 0.1) is 0 Å². The van der Waals surface area contributed by atoms with E-state index < -0.39 is 0 Å². The molecule has 41 heavy (non-hydrogen) atoms. The van der Waals surface area contributed by atoms with Crippen molar-refractivity contribution in [2.75, 3.05) is 31.1 Å². The van der Waals surface area contributed by atoms with Gasteiger partial charge in [0.05, 0.1) is 0 Å². The van der Waals surface area contributed by atoms with Crippen LogP contribution < -0.4 is 4.90 Å². The highest BCUT2D eigenvalue weighted by molar-refractivity contribution is 5.98. The quantitative estimate of drug-likeness (QED) is 0.250. The monoisotopic (exact) mass is 545 g/mol. The Morgan fingerprint density at radius 3 is 2.24 bits per heavy atom. The lowest BCUT2D eigenvalue weighted by Gasteiger charge is -2.24. The molecule has 1 amide bonds. The van der Waals surface area contributed by atoms with E-state index in [2.05, 4.69) is 55.1 Å². The van der Waals surface area contributed by atoms with Crippen LogP contribution in [0.4, 0.5) is 5.82 Å². The summed E-state index contributed by atoms with van der Waals surface area (Å²) in [6.07, 6.45) is 1.42. The molecule has 0 atom stereocenters. The summed E-state index contributed by atoms with van der Waals surface area (Å²) < 4.78 is 5.80. The van der Waals surface area contributed by atoms with Crippen molar-refractivity contribution in [2.24, 2.45) is 0 Å². The van der Waals surface area contributed by atoms with Crippen molar-refractivity contribution in [2.45, 2.75) is 39.0 Å². The topological polar surface area (TPSA) is 75.4 Å². The number of anilines is 1. The van der Waals surface area contributed by atoms with E-state index in [0.717, 1.165) is 46.6 Å². The molecular formula is C34H35N5O2. The van der Waals surface area contributed by atoms with Gasteiger partial charge in [-0.25, -0.2) is 4.98 Å². The number of aromatic nitrogens is 3. The Labute approximate surface area is 240 Å². The number of carbonyl (C=O) groups excluding carboxylic acids is 1. The zero-order valence-electron chi connectivity index (χ0n) is 23.9. The Morgan fingerprint density at radius 2 is 1.54 bits per heavy atom. The fourth-order valence-corrected chi connectivity index (χ4v) is 5.39. The molecule has 208 valence electrons. The van der Waals surface area contributed by atoms with Crippen LogP contribution in [0.15, 0.2) is 89.5 Å². The van der Waals surface area contributed by atoms with E-state index in [-0.39, 0.29) is 11.3 Å². The molecule has 3 aromatic carbocycles. The smallest absolute Gasteiger partial charge is 0.263 e. The lowest BCUT2D eigenvalue weighted by molar-refractivity contribution is 0.0767. The minimum absolute atomic E-state index is 0.0491. The van der Waals surface area contributed by atoms with Crippen LogP contribution in [0.5, 0.6) is 0 Å². The molecule has 1 aliphatic rings. The molecule has 7 nitrogen and oxygen atoms in total. The van der Waals surface area contributed by atoms with Gasteiger partial charge >= 0.3 is 0 Å². The molecule has 0 bridgehead atoms. The summed E-state index contributed by atoms with van der Waals surface area (Å²) in [5.41, 5.74) is 5.30. The van der Waals surface area contributed by atoms with Crippen molar-refractivity contribution >= 4 is 22.8 Å². The number of amides is 1. The molecule has 1 fully saturated rings.